The monoisotopic (exact) mass is 548 g/mol. The molecule has 0 saturated carbocycles. The number of hydrogen-bond acceptors (Lipinski definition) is 8. The van der Waals surface area contributed by atoms with E-state index in [1.54, 1.807) is 37.3 Å². The lowest BCUT2D eigenvalue weighted by Gasteiger charge is -2.33. The number of aromatic nitrogens is 4. The number of rotatable bonds is 8. The van der Waals surface area contributed by atoms with Gasteiger partial charge in [0.2, 0.25) is 24.4 Å². The van der Waals surface area contributed by atoms with Gasteiger partial charge in [-0.1, -0.05) is 18.2 Å². The minimum Gasteiger partial charge on any atom is -0.458 e. The van der Waals surface area contributed by atoms with Gasteiger partial charge in [-0.3, -0.25) is 9.59 Å². The van der Waals surface area contributed by atoms with Crippen LogP contribution in [0.25, 0.3) is 11.6 Å². The van der Waals surface area contributed by atoms with Gasteiger partial charge in [0.1, 0.15) is 24.2 Å². The van der Waals surface area contributed by atoms with E-state index in [2.05, 4.69) is 20.7 Å². The molecular weight excluding hydrogens is 519 g/mol. The van der Waals surface area contributed by atoms with Crippen LogP contribution < -0.4 is 14.8 Å². The number of aryl methyl sites for hydroxylation is 1. The van der Waals surface area contributed by atoms with Crippen LogP contribution in [0.5, 0.6) is 11.5 Å². The summed E-state index contributed by atoms with van der Waals surface area (Å²) in [5.74, 6) is 1.12. The first-order valence-corrected chi connectivity index (χ1v) is 12.7. The van der Waals surface area contributed by atoms with Gasteiger partial charge in [0.15, 0.2) is 17.3 Å². The van der Waals surface area contributed by atoms with Crippen LogP contribution in [-0.2, 0) is 22.7 Å². The molecule has 4 aromatic rings. The van der Waals surface area contributed by atoms with E-state index < -0.39 is 29.2 Å². The quantitative estimate of drug-likeness (QED) is 0.353. The van der Waals surface area contributed by atoms with Crippen LogP contribution in [0.3, 0.4) is 0 Å². The molecule has 40 heavy (non-hydrogen) atoms. The van der Waals surface area contributed by atoms with Crippen LogP contribution in [-0.4, -0.2) is 49.3 Å². The molecule has 3 heterocycles. The minimum atomic E-state index is -1.09. The predicted molar refractivity (Wildman–Crippen MR) is 140 cm³/mol. The number of nitrogens with one attached hydrogen (secondary N) is 1. The molecule has 2 aromatic heterocycles. The van der Waals surface area contributed by atoms with E-state index in [9.17, 15) is 14.0 Å². The van der Waals surface area contributed by atoms with E-state index in [4.69, 9.17) is 13.9 Å². The summed E-state index contributed by atoms with van der Waals surface area (Å²) >= 11 is 0. The fourth-order valence-corrected chi connectivity index (χ4v) is 4.29. The molecular formula is C28H29FN6O5. The van der Waals surface area contributed by atoms with Crippen LogP contribution >= 0.6 is 0 Å². The minimum absolute atomic E-state index is 0.0357. The van der Waals surface area contributed by atoms with E-state index in [1.807, 2.05) is 20.8 Å². The molecule has 0 spiro atoms. The van der Waals surface area contributed by atoms with Gasteiger partial charge in [-0.2, -0.15) is 4.80 Å². The number of hydrogen-bond donors (Lipinski definition) is 1. The maximum Gasteiger partial charge on any atom is 0.247 e. The van der Waals surface area contributed by atoms with E-state index in [0.29, 0.717) is 34.1 Å². The molecule has 2 aromatic carbocycles. The Hall–Kier alpha value is -4.74. The second kappa shape index (κ2) is 10.8. The molecule has 1 atom stereocenters. The molecule has 1 N–H and O–H groups in total. The Morgan fingerprint density at radius 2 is 1.82 bits per heavy atom. The Labute approximate surface area is 229 Å². The van der Waals surface area contributed by atoms with Crippen molar-refractivity contribution in [3.8, 4) is 23.1 Å². The molecule has 1 aliphatic heterocycles. The number of carbonyl (C=O) groups excluding carboxylic acids is 2. The van der Waals surface area contributed by atoms with Crippen LogP contribution in [0.2, 0.25) is 0 Å². The van der Waals surface area contributed by atoms with Gasteiger partial charge in [0.25, 0.3) is 0 Å². The Morgan fingerprint density at radius 1 is 1.07 bits per heavy atom. The fourth-order valence-electron chi connectivity index (χ4n) is 4.29. The van der Waals surface area contributed by atoms with E-state index in [1.165, 1.54) is 29.2 Å². The molecule has 5 rings (SSSR count). The molecule has 11 nitrogen and oxygen atoms in total. The van der Waals surface area contributed by atoms with Gasteiger partial charge < -0.3 is 24.1 Å². The van der Waals surface area contributed by atoms with Crippen molar-refractivity contribution < 1.29 is 27.9 Å². The highest BCUT2D eigenvalue weighted by atomic mass is 19.1. The number of fused-ring (bicyclic) bond motifs is 1. The number of ether oxygens (including phenoxy) is 2. The maximum atomic E-state index is 13.9. The SMILES string of the molecule is Cc1ccc(-c2nnn(CC(=O)N(Cc3ccc4c(c3)OCO4)[C@H](C(=O)NC(C)(C)C)c3ccc(F)cc3)n2)o1. The number of nitrogens with zero attached hydrogens (tertiary/aromatic N) is 5. The summed E-state index contributed by atoms with van der Waals surface area (Å²) in [7, 11) is 0. The molecule has 208 valence electrons. The summed E-state index contributed by atoms with van der Waals surface area (Å²) in [6, 6.07) is 13.2. The van der Waals surface area contributed by atoms with Crippen molar-refractivity contribution >= 4 is 11.8 Å². The second-order valence-electron chi connectivity index (χ2n) is 10.5. The summed E-state index contributed by atoms with van der Waals surface area (Å²) in [5.41, 5.74) is 0.550. The first kappa shape index (κ1) is 26.9. The Balaban J connectivity index is 1.50. The zero-order valence-electron chi connectivity index (χ0n) is 22.6. The number of benzene rings is 2. The number of carbonyl (C=O) groups is 2. The van der Waals surface area contributed by atoms with Crippen LogP contribution in [0.4, 0.5) is 4.39 Å². The van der Waals surface area contributed by atoms with E-state index in [0.717, 1.165) is 4.80 Å². The summed E-state index contributed by atoms with van der Waals surface area (Å²) in [5, 5.41) is 15.2. The third-order valence-corrected chi connectivity index (χ3v) is 6.04. The van der Waals surface area contributed by atoms with Crippen molar-refractivity contribution in [3.63, 3.8) is 0 Å². The average molecular weight is 549 g/mol. The number of amides is 2. The van der Waals surface area contributed by atoms with Gasteiger partial charge in [-0.05, 0) is 80.4 Å². The third-order valence-electron chi connectivity index (χ3n) is 6.04. The maximum absolute atomic E-state index is 13.9. The van der Waals surface area contributed by atoms with Gasteiger partial charge in [0, 0.05) is 12.1 Å². The molecule has 12 heteroatoms. The number of halogens is 1. The summed E-state index contributed by atoms with van der Waals surface area (Å²) < 4.78 is 30.3. The highest BCUT2D eigenvalue weighted by Crippen LogP contribution is 2.34. The molecule has 2 amide bonds. The van der Waals surface area contributed by atoms with Crippen LogP contribution in [0.1, 0.15) is 43.7 Å². The molecule has 0 aliphatic carbocycles. The van der Waals surface area contributed by atoms with Gasteiger partial charge in [0.05, 0.1) is 0 Å². The Kier molecular flexibility index (Phi) is 7.24. The smallest absolute Gasteiger partial charge is 0.247 e. The second-order valence-corrected chi connectivity index (χ2v) is 10.5. The van der Waals surface area contributed by atoms with Crippen molar-refractivity contribution in [1.29, 1.82) is 0 Å². The molecule has 0 radical (unpaired) electrons. The zero-order valence-corrected chi connectivity index (χ0v) is 22.6. The topological polar surface area (TPSA) is 125 Å². The standard InChI is InChI=1S/C28H29FN6O5/c1-17-5-11-22(40-17)26-31-33-35(32-26)15-24(36)34(14-18-6-12-21-23(13-18)39-16-38-21)25(27(37)30-28(2,3)4)19-7-9-20(29)10-8-19/h5-13,25H,14-16H2,1-4H3,(H,30,37)/t25-/m0/s1. The highest BCUT2D eigenvalue weighted by Gasteiger charge is 2.34. The third kappa shape index (κ3) is 6.11. The zero-order chi connectivity index (χ0) is 28.4. The fraction of sp³-hybridized carbons (Fsp3) is 0.321. The normalized spacial score (nSPS) is 13.2. The first-order valence-electron chi connectivity index (χ1n) is 12.7. The summed E-state index contributed by atoms with van der Waals surface area (Å²) in [4.78, 5) is 30.2. The van der Waals surface area contributed by atoms with Gasteiger partial charge >= 0.3 is 0 Å². The van der Waals surface area contributed by atoms with Crippen molar-refractivity contribution in [2.75, 3.05) is 6.79 Å². The van der Waals surface area contributed by atoms with Crippen LogP contribution in [0.15, 0.2) is 59.0 Å². The van der Waals surface area contributed by atoms with Crippen molar-refractivity contribution in [2.24, 2.45) is 0 Å². The molecule has 1 aliphatic rings. The lowest BCUT2D eigenvalue weighted by molar-refractivity contribution is -0.143. The van der Waals surface area contributed by atoms with E-state index in [-0.39, 0.29) is 25.7 Å². The lowest BCUT2D eigenvalue weighted by Crippen LogP contribution is -2.49. The predicted octanol–water partition coefficient (Wildman–Crippen LogP) is 3.79. The number of tetrazole rings is 1. The first-order chi connectivity index (χ1) is 19.1. The molecule has 0 saturated heterocycles. The average Bonchev–Trinajstić information content (AvgIpc) is 3.64. The van der Waals surface area contributed by atoms with Crippen molar-refractivity contribution in [3.05, 3.63) is 77.3 Å². The highest BCUT2D eigenvalue weighted by molar-refractivity contribution is 5.89. The summed E-state index contributed by atoms with van der Waals surface area (Å²) in [6.07, 6.45) is 0. The lowest BCUT2D eigenvalue weighted by atomic mass is 10.0. The largest absolute Gasteiger partial charge is 0.458 e. The van der Waals surface area contributed by atoms with Crippen LogP contribution in [0, 0.1) is 12.7 Å². The van der Waals surface area contributed by atoms with Gasteiger partial charge in [-0.25, -0.2) is 4.39 Å². The Bertz CT molecular complexity index is 1520. The number of furan rings is 1. The molecule has 0 bridgehead atoms. The summed E-state index contributed by atoms with van der Waals surface area (Å²) in [6.45, 7) is 7.15. The van der Waals surface area contributed by atoms with Gasteiger partial charge in [-0.15, -0.1) is 10.2 Å². The van der Waals surface area contributed by atoms with E-state index >= 15 is 0 Å². The Morgan fingerprint density at radius 3 is 2.52 bits per heavy atom. The molecule has 0 unspecified atom stereocenters. The van der Waals surface area contributed by atoms with Crippen molar-refractivity contribution in [2.45, 2.75) is 52.4 Å². The van der Waals surface area contributed by atoms with Crippen molar-refractivity contribution in [1.82, 2.24) is 30.4 Å². The molecule has 0 fully saturated rings.